The highest BCUT2D eigenvalue weighted by Crippen LogP contribution is 2.31. The number of pyridine rings is 1. The van der Waals surface area contributed by atoms with Crippen LogP contribution in [-0.2, 0) is 0 Å². The lowest BCUT2D eigenvalue weighted by molar-refractivity contribution is -0.386. The van der Waals surface area contributed by atoms with Gasteiger partial charge in [-0.15, -0.1) is 0 Å². The Labute approximate surface area is 88.4 Å². The Balaban J connectivity index is 3.54. The standard InChI is InChI=1S/C7H5ClN2O5/c1-15-3-2-4(8)9-5(7(11)12)6(3)10(13)14/h2H,1H3,(H,11,12). The molecule has 0 aromatic carbocycles. The third kappa shape index (κ3) is 2.13. The van der Waals surface area contributed by atoms with Gasteiger partial charge in [-0.2, -0.15) is 0 Å². The number of carboxylic acid groups (broad SMARTS) is 1. The monoisotopic (exact) mass is 232 g/mol. The summed E-state index contributed by atoms with van der Waals surface area (Å²) in [5.74, 6) is -1.78. The predicted molar refractivity (Wildman–Crippen MR) is 49.4 cm³/mol. The Hall–Kier alpha value is -1.89. The maximum absolute atomic E-state index is 10.7. The molecule has 0 bridgehead atoms. The van der Waals surface area contributed by atoms with Crippen molar-refractivity contribution in [2.24, 2.45) is 0 Å². The van der Waals surface area contributed by atoms with Gasteiger partial charge < -0.3 is 9.84 Å². The molecule has 0 aliphatic carbocycles. The summed E-state index contributed by atoms with van der Waals surface area (Å²) in [4.78, 5) is 23.7. The zero-order valence-electron chi connectivity index (χ0n) is 7.43. The van der Waals surface area contributed by atoms with Crippen molar-refractivity contribution in [3.05, 3.63) is 27.0 Å². The maximum atomic E-state index is 10.7. The number of aromatic carboxylic acids is 1. The van der Waals surface area contributed by atoms with Crippen LogP contribution in [0, 0.1) is 10.1 Å². The molecule has 8 heteroatoms. The van der Waals surface area contributed by atoms with Gasteiger partial charge in [0.15, 0.2) is 0 Å². The lowest BCUT2D eigenvalue weighted by Gasteiger charge is -2.03. The second kappa shape index (κ2) is 4.09. The van der Waals surface area contributed by atoms with Crippen molar-refractivity contribution in [1.82, 2.24) is 4.98 Å². The molecule has 0 aliphatic heterocycles. The van der Waals surface area contributed by atoms with Gasteiger partial charge >= 0.3 is 11.7 Å². The first-order chi connectivity index (χ1) is 6.97. The van der Waals surface area contributed by atoms with Crippen molar-refractivity contribution in [2.45, 2.75) is 0 Å². The van der Waals surface area contributed by atoms with Gasteiger partial charge in [0, 0.05) is 6.07 Å². The zero-order chi connectivity index (χ0) is 11.6. The van der Waals surface area contributed by atoms with Crippen LogP contribution in [0.15, 0.2) is 6.07 Å². The summed E-state index contributed by atoms with van der Waals surface area (Å²) in [6.45, 7) is 0. The minimum absolute atomic E-state index is 0.185. The second-order valence-corrected chi connectivity index (χ2v) is 2.79. The van der Waals surface area contributed by atoms with Crippen molar-refractivity contribution >= 4 is 23.3 Å². The van der Waals surface area contributed by atoms with E-state index in [2.05, 4.69) is 9.72 Å². The summed E-state index contributed by atoms with van der Waals surface area (Å²) in [5.41, 5.74) is -1.46. The summed E-state index contributed by atoms with van der Waals surface area (Å²) < 4.78 is 4.65. The first-order valence-corrected chi connectivity index (χ1v) is 3.97. The molecule has 0 spiro atoms. The third-order valence-electron chi connectivity index (χ3n) is 1.53. The molecular weight excluding hydrogens is 228 g/mol. The van der Waals surface area contributed by atoms with E-state index in [4.69, 9.17) is 16.7 Å². The lowest BCUT2D eigenvalue weighted by Crippen LogP contribution is -2.07. The van der Waals surface area contributed by atoms with Gasteiger partial charge in [0.25, 0.3) is 0 Å². The van der Waals surface area contributed by atoms with E-state index in [0.29, 0.717) is 0 Å². The quantitative estimate of drug-likeness (QED) is 0.479. The molecule has 80 valence electrons. The molecule has 0 radical (unpaired) electrons. The summed E-state index contributed by atoms with van der Waals surface area (Å²) >= 11 is 5.47. The Kier molecular flexibility index (Phi) is 3.05. The average molecular weight is 233 g/mol. The number of hydrogen-bond donors (Lipinski definition) is 1. The number of carbonyl (C=O) groups is 1. The maximum Gasteiger partial charge on any atom is 0.361 e. The molecule has 1 aromatic rings. The first kappa shape index (κ1) is 11.2. The van der Waals surface area contributed by atoms with E-state index < -0.39 is 22.3 Å². The van der Waals surface area contributed by atoms with E-state index in [1.807, 2.05) is 0 Å². The van der Waals surface area contributed by atoms with Gasteiger partial charge in [0.1, 0.15) is 5.15 Å². The molecule has 7 nitrogen and oxygen atoms in total. The fourth-order valence-corrected chi connectivity index (χ4v) is 1.15. The van der Waals surface area contributed by atoms with Gasteiger partial charge in [-0.1, -0.05) is 11.6 Å². The Morgan fingerprint density at radius 3 is 2.73 bits per heavy atom. The summed E-state index contributed by atoms with van der Waals surface area (Å²) in [5, 5.41) is 19.1. The average Bonchev–Trinajstić information content (AvgIpc) is 2.15. The number of nitro groups is 1. The SMILES string of the molecule is COc1cc(Cl)nc(C(=O)O)c1[N+](=O)[O-]. The number of ether oxygens (including phenoxy) is 1. The molecule has 0 fully saturated rings. The van der Waals surface area contributed by atoms with Gasteiger partial charge in [-0.05, 0) is 0 Å². The van der Waals surface area contributed by atoms with Gasteiger partial charge in [-0.3, -0.25) is 10.1 Å². The first-order valence-electron chi connectivity index (χ1n) is 3.59. The number of hydrogen-bond acceptors (Lipinski definition) is 5. The van der Waals surface area contributed by atoms with Crippen LogP contribution in [0.2, 0.25) is 5.15 Å². The van der Waals surface area contributed by atoms with Crippen LogP contribution in [0.4, 0.5) is 5.69 Å². The lowest BCUT2D eigenvalue weighted by atomic mass is 10.3. The smallest absolute Gasteiger partial charge is 0.361 e. The molecule has 0 unspecified atom stereocenters. The van der Waals surface area contributed by atoms with Crippen LogP contribution in [0.25, 0.3) is 0 Å². The molecule has 0 aliphatic rings. The molecule has 1 N–H and O–H groups in total. The normalized spacial score (nSPS) is 9.73. The van der Waals surface area contributed by atoms with Crippen LogP contribution in [0.5, 0.6) is 5.75 Å². The third-order valence-corrected chi connectivity index (χ3v) is 1.73. The summed E-state index contributed by atoms with van der Waals surface area (Å²) in [6.07, 6.45) is 0. The number of carboxylic acids is 1. The fourth-order valence-electron chi connectivity index (χ4n) is 0.966. The molecule has 0 amide bonds. The van der Waals surface area contributed by atoms with Crippen molar-refractivity contribution in [1.29, 1.82) is 0 Å². The van der Waals surface area contributed by atoms with Crippen LogP contribution in [0.1, 0.15) is 10.5 Å². The van der Waals surface area contributed by atoms with Crippen LogP contribution < -0.4 is 4.74 Å². The molecule has 1 rings (SSSR count). The van der Waals surface area contributed by atoms with Crippen molar-refractivity contribution in [3.8, 4) is 5.75 Å². The number of rotatable bonds is 3. The topological polar surface area (TPSA) is 103 Å². The minimum atomic E-state index is -1.54. The summed E-state index contributed by atoms with van der Waals surface area (Å²) in [7, 11) is 1.17. The van der Waals surface area contributed by atoms with Crippen LogP contribution in [0.3, 0.4) is 0 Å². The van der Waals surface area contributed by atoms with E-state index in [1.165, 1.54) is 7.11 Å². The Morgan fingerprint density at radius 1 is 1.73 bits per heavy atom. The predicted octanol–water partition coefficient (Wildman–Crippen LogP) is 1.35. The molecule has 0 saturated carbocycles. The van der Waals surface area contributed by atoms with Gasteiger partial charge in [-0.25, -0.2) is 9.78 Å². The van der Waals surface area contributed by atoms with E-state index in [-0.39, 0.29) is 10.9 Å². The number of methoxy groups -OCH3 is 1. The largest absolute Gasteiger partial charge is 0.490 e. The number of nitrogens with zero attached hydrogens (tertiary/aromatic N) is 2. The van der Waals surface area contributed by atoms with E-state index in [1.54, 1.807) is 0 Å². The van der Waals surface area contributed by atoms with Crippen LogP contribution >= 0.6 is 11.6 Å². The molecule has 1 aromatic heterocycles. The van der Waals surface area contributed by atoms with E-state index in [0.717, 1.165) is 6.07 Å². The molecule has 0 saturated heterocycles. The zero-order valence-corrected chi connectivity index (χ0v) is 8.19. The van der Waals surface area contributed by atoms with E-state index in [9.17, 15) is 14.9 Å². The highest BCUT2D eigenvalue weighted by Gasteiger charge is 2.28. The minimum Gasteiger partial charge on any atom is -0.490 e. The van der Waals surface area contributed by atoms with Gasteiger partial charge in [0.2, 0.25) is 11.4 Å². The Morgan fingerprint density at radius 2 is 2.33 bits per heavy atom. The molecule has 0 atom stereocenters. The highest BCUT2D eigenvalue weighted by atomic mass is 35.5. The van der Waals surface area contributed by atoms with Gasteiger partial charge in [0.05, 0.1) is 12.0 Å². The van der Waals surface area contributed by atoms with E-state index >= 15 is 0 Å². The van der Waals surface area contributed by atoms with Crippen molar-refractivity contribution < 1.29 is 19.6 Å². The fraction of sp³-hybridized carbons (Fsp3) is 0.143. The molecular formula is C7H5ClN2O5. The summed E-state index contributed by atoms with van der Waals surface area (Å²) in [6, 6.07) is 1.08. The van der Waals surface area contributed by atoms with Crippen molar-refractivity contribution in [3.63, 3.8) is 0 Å². The molecule has 1 heterocycles. The Bertz CT molecular complexity index is 434. The number of aromatic nitrogens is 1. The van der Waals surface area contributed by atoms with Crippen LogP contribution in [-0.4, -0.2) is 28.1 Å². The van der Waals surface area contributed by atoms with Crippen molar-refractivity contribution in [2.75, 3.05) is 7.11 Å². The molecule has 15 heavy (non-hydrogen) atoms. The number of halogens is 1. The highest BCUT2D eigenvalue weighted by molar-refractivity contribution is 6.29. The second-order valence-electron chi connectivity index (χ2n) is 2.41.